The number of hydrogen-bond acceptors (Lipinski definition) is 1. The summed E-state index contributed by atoms with van der Waals surface area (Å²) >= 11 is 0. The second-order valence-electron chi connectivity index (χ2n) is 6.26. The maximum absolute atomic E-state index is 13.3. The maximum atomic E-state index is 13.3. The van der Waals surface area contributed by atoms with Gasteiger partial charge in [-0.1, -0.05) is 0 Å². The van der Waals surface area contributed by atoms with Crippen LogP contribution in [0.3, 0.4) is 0 Å². The number of rotatable bonds is 10. The molecule has 0 atom stereocenters. The Labute approximate surface area is 177 Å². The zero-order valence-corrected chi connectivity index (χ0v) is 15.0. The fourth-order valence-corrected chi connectivity index (χ4v) is 1.79. The largest absolute Gasteiger partial charge is 0.460 e. The smallest absolute Gasteiger partial charge is 0.192 e. The molecule has 0 spiro atoms. The SMILES string of the molecule is FOC(F)(F)C(F)(F)C(F)(F)C(F)(F)C(F)(F)C(F)(F)C(F)(F)C(F)(F)C(F)(F)C(F)(F)C(F)(F)F. The molecular formula is C11F24O. The van der Waals surface area contributed by atoms with E-state index in [-0.39, 0.29) is 0 Å². The van der Waals surface area contributed by atoms with E-state index in [1.54, 1.807) is 0 Å². The summed E-state index contributed by atoms with van der Waals surface area (Å²) in [5.74, 6) is -82.0. The van der Waals surface area contributed by atoms with Crippen LogP contribution >= 0.6 is 0 Å². The van der Waals surface area contributed by atoms with Crippen molar-refractivity contribution in [3.63, 3.8) is 0 Å². The van der Waals surface area contributed by atoms with Crippen LogP contribution in [0.25, 0.3) is 0 Å². The molecule has 0 aromatic heterocycles. The topological polar surface area (TPSA) is 9.23 Å². The Hall–Kier alpha value is -1.72. The summed E-state index contributed by atoms with van der Waals surface area (Å²) in [4.78, 5) is 0.732. The van der Waals surface area contributed by atoms with Crippen molar-refractivity contribution in [2.75, 3.05) is 0 Å². The predicted octanol–water partition coefficient (Wildman–Crippen LogP) is 7.76. The first kappa shape index (κ1) is 34.3. The van der Waals surface area contributed by atoms with E-state index >= 15 is 0 Å². The lowest BCUT2D eigenvalue weighted by Gasteiger charge is -2.44. The molecule has 0 bridgehead atoms. The first-order chi connectivity index (χ1) is 15.1. The van der Waals surface area contributed by atoms with E-state index in [9.17, 15) is 106 Å². The van der Waals surface area contributed by atoms with Gasteiger partial charge in [0.2, 0.25) is 0 Å². The summed E-state index contributed by atoms with van der Waals surface area (Å²) in [6.45, 7) is 0. The highest BCUT2D eigenvalue weighted by atomic mass is 19.4. The van der Waals surface area contributed by atoms with Gasteiger partial charge in [0.15, 0.2) is 0 Å². The molecule has 218 valence electrons. The van der Waals surface area contributed by atoms with Crippen molar-refractivity contribution < 1.29 is 110 Å². The fourth-order valence-electron chi connectivity index (χ4n) is 1.79. The van der Waals surface area contributed by atoms with Crippen molar-refractivity contribution in [3.05, 3.63) is 0 Å². The maximum Gasteiger partial charge on any atom is 0.460 e. The van der Waals surface area contributed by atoms with Gasteiger partial charge >= 0.3 is 65.6 Å². The number of hydrogen-bond donors (Lipinski definition) is 0. The fraction of sp³-hybridized carbons (Fsp3) is 1.00. The number of alkyl halides is 23. The Balaban J connectivity index is 7.18. The molecule has 25 heteroatoms. The summed E-state index contributed by atoms with van der Waals surface area (Å²) in [6, 6.07) is 0. The highest BCUT2D eigenvalue weighted by molar-refractivity contribution is 5.18. The standard InChI is InChI=1S/C11F24O/c12-1(13,2(14,15)4(18,19)6(22,23)8(26,27)10(30,31)32)3(16,17)5(20,21)7(24,25)9(28,29)11(33,34)36-35. The summed E-state index contributed by atoms with van der Waals surface area (Å²) in [6.07, 6.45) is -15.9. The third-order valence-electron chi connectivity index (χ3n) is 3.97. The molecular weight excluding hydrogens is 604 g/mol. The lowest BCUT2D eigenvalue weighted by Crippen LogP contribution is -2.77. The van der Waals surface area contributed by atoms with Crippen LogP contribution in [0.5, 0.6) is 0 Å². The van der Waals surface area contributed by atoms with Crippen LogP contribution < -0.4 is 0 Å². The summed E-state index contributed by atoms with van der Waals surface area (Å²) in [7, 11) is 0. The van der Waals surface area contributed by atoms with Gasteiger partial charge in [-0.25, -0.2) is 0 Å². The molecule has 0 aliphatic heterocycles. The average Bonchev–Trinajstić information content (AvgIpc) is 2.65. The molecule has 0 aliphatic rings. The Morgan fingerprint density at radius 3 is 0.583 bits per heavy atom. The first-order valence-corrected chi connectivity index (χ1v) is 7.21. The molecule has 0 saturated heterocycles. The lowest BCUT2D eigenvalue weighted by molar-refractivity contribution is -0.501. The van der Waals surface area contributed by atoms with Crippen LogP contribution in [0, 0.1) is 0 Å². The van der Waals surface area contributed by atoms with Crippen LogP contribution in [0.4, 0.5) is 106 Å². The van der Waals surface area contributed by atoms with E-state index in [0.29, 0.717) is 0 Å². The molecule has 0 fully saturated rings. The highest BCUT2D eigenvalue weighted by Gasteiger charge is 2.99. The zero-order valence-electron chi connectivity index (χ0n) is 15.0. The molecule has 36 heavy (non-hydrogen) atoms. The lowest BCUT2D eigenvalue weighted by atomic mass is 9.86. The molecule has 0 unspecified atom stereocenters. The van der Waals surface area contributed by atoms with Crippen molar-refractivity contribution >= 4 is 0 Å². The average molecular weight is 604 g/mol. The van der Waals surface area contributed by atoms with Gasteiger partial charge < -0.3 is 0 Å². The minimum Gasteiger partial charge on any atom is -0.192 e. The van der Waals surface area contributed by atoms with Crippen molar-refractivity contribution in [1.82, 2.24) is 0 Å². The van der Waals surface area contributed by atoms with Crippen LogP contribution in [-0.4, -0.2) is 65.6 Å². The van der Waals surface area contributed by atoms with Crippen molar-refractivity contribution in [2.45, 2.75) is 65.6 Å². The van der Waals surface area contributed by atoms with E-state index in [1.807, 2.05) is 0 Å². The second-order valence-corrected chi connectivity index (χ2v) is 6.26. The van der Waals surface area contributed by atoms with Gasteiger partial charge in [-0.05, 0) is 4.53 Å². The van der Waals surface area contributed by atoms with E-state index in [2.05, 4.69) is 0 Å². The Morgan fingerprint density at radius 1 is 0.250 bits per heavy atom. The van der Waals surface area contributed by atoms with Crippen molar-refractivity contribution in [2.24, 2.45) is 0 Å². The van der Waals surface area contributed by atoms with Gasteiger partial charge in [0.25, 0.3) is 0 Å². The van der Waals surface area contributed by atoms with E-state index in [0.717, 1.165) is 4.94 Å². The Bertz CT molecular complexity index is 801. The van der Waals surface area contributed by atoms with Crippen LogP contribution in [-0.2, 0) is 4.94 Å². The van der Waals surface area contributed by atoms with Gasteiger partial charge in [0.1, 0.15) is 0 Å². The highest BCUT2D eigenvalue weighted by Crippen LogP contribution is 2.67. The van der Waals surface area contributed by atoms with Crippen molar-refractivity contribution in [3.8, 4) is 0 Å². The van der Waals surface area contributed by atoms with Gasteiger partial charge in [-0.3, -0.25) is 0 Å². The van der Waals surface area contributed by atoms with E-state index in [4.69, 9.17) is 0 Å². The molecule has 0 rings (SSSR count). The van der Waals surface area contributed by atoms with Gasteiger partial charge in [0, 0.05) is 0 Å². The monoisotopic (exact) mass is 604 g/mol. The summed E-state index contributed by atoms with van der Waals surface area (Å²) in [5, 5.41) is 0. The van der Waals surface area contributed by atoms with Crippen LogP contribution in [0.15, 0.2) is 0 Å². The van der Waals surface area contributed by atoms with E-state index < -0.39 is 65.6 Å². The van der Waals surface area contributed by atoms with Crippen LogP contribution in [0.2, 0.25) is 0 Å². The molecule has 0 aromatic rings. The summed E-state index contributed by atoms with van der Waals surface area (Å²) in [5.41, 5.74) is 0. The molecule has 0 amide bonds. The minimum atomic E-state index is -9.48. The van der Waals surface area contributed by atoms with E-state index in [1.165, 1.54) is 0 Å². The molecule has 0 N–H and O–H groups in total. The zero-order chi connectivity index (χ0) is 30.2. The number of halogens is 24. The third kappa shape index (κ3) is 3.79. The molecule has 0 aromatic carbocycles. The van der Waals surface area contributed by atoms with Crippen LogP contribution in [0.1, 0.15) is 0 Å². The minimum absolute atomic E-state index is 0.732. The normalized spacial score (nSPS) is 17.0. The molecule has 0 heterocycles. The van der Waals surface area contributed by atoms with Gasteiger partial charge in [0.05, 0.1) is 0 Å². The predicted molar refractivity (Wildman–Crippen MR) is 57.7 cm³/mol. The third-order valence-corrected chi connectivity index (χ3v) is 3.97. The van der Waals surface area contributed by atoms with Crippen molar-refractivity contribution in [1.29, 1.82) is 0 Å². The first-order valence-electron chi connectivity index (χ1n) is 7.21. The van der Waals surface area contributed by atoms with Gasteiger partial charge in [-0.15, -0.1) is 4.94 Å². The molecule has 0 radical (unpaired) electrons. The summed E-state index contributed by atoms with van der Waals surface area (Å²) < 4.78 is 306. The molecule has 0 saturated carbocycles. The molecule has 1 nitrogen and oxygen atoms in total. The van der Waals surface area contributed by atoms with Gasteiger partial charge in [-0.2, -0.15) is 101 Å². The molecule has 0 aliphatic carbocycles. The Kier molecular flexibility index (Phi) is 7.75. The quantitative estimate of drug-likeness (QED) is 0.232. The second kappa shape index (κ2) is 8.14. The Morgan fingerprint density at radius 2 is 0.417 bits per heavy atom.